The van der Waals surface area contributed by atoms with Crippen LogP contribution in [0, 0.1) is 0 Å². The fraction of sp³-hybridized carbons (Fsp3) is 0.875. The Morgan fingerprint density at radius 1 is 1.55 bits per heavy atom. The number of alkyl halides is 1. The Bertz CT molecular complexity index is 150. The van der Waals surface area contributed by atoms with E-state index in [4.69, 9.17) is 4.74 Å². The largest absolute Gasteiger partial charge is 0.447 e. The number of carbonyl (C=O) groups is 1. The SMILES string of the molecule is CCC(=O)OC1(Br)CCCC1. The van der Waals surface area contributed by atoms with Crippen LogP contribution in [0.1, 0.15) is 39.0 Å². The van der Waals surface area contributed by atoms with E-state index in [0.29, 0.717) is 6.42 Å². The first-order valence-corrected chi connectivity index (χ1v) is 4.86. The van der Waals surface area contributed by atoms with Crippen LogP contribution >= 0.6 is 15.9 Å². The van der Waals surface area contributed by atoms with E-state index in [9.17, 15) is 4.79 Å². The standard InChI is InChI=1S/C8H13BrO2/c1-2-7(10)11-8(9)5-3-4-6-8/h2-6H2,1H3. The number of hydrogen-bond acceptors (Lipinski definition) is 2. The maximum Gasteiger partial charge on any atom is 0.306 e. The maximum absolute atomic E-state index is 10.9. The smallest absolute Gasteiger partial charge is 0.306 e. The monoisotopic (exact) mass is 220 g/mol. The van der Waals surface area contributed by atoms with Crippen LogP contribution < -0.4 is 0 Å². The molecule has 0 aromatic carbocycles. The minimum atomic E-state index is -0.319. The van der Waals surface area contributed by atoms with E-state index in [-0.39, 0.29) is 10.5 Å². The predicted molar refractivity (Wildman–Crippen MR) is 46.5 cm³/mol. The van der Waals surface area contributed by atoms with Gasteiger partial charge >= 0.3 is 5.97 Å². The van der Waals surface area contributed by atoms with Gasteiger partial charge in [-0.25, -0.2) is 0 Å². The van der Waals surface area contributed by atoms with Gasteiger partial charge in [-0.2, -0.15) is 0 Å². The third kappa shape index (κ3) is 2.47. The Morgan fingerprint density at radius 2 is 2.09 bits per heavy atom. The second-order valence-electron chi connectivity index (χ2n) is 2.92. The predicted octanol–water partition coefficient (Wildman–Crippen LogP) is 2.60. The molecule has 2 nitrogen and oxygen atoms in total. The summed E-state index contributed by atoms with van der Waals surface area (Å²) in [4.78, 5) is 10.9. The second kappa shape index (κ2) is 3.57. The van der Waals surface area contributed by atoms with Crippen LogP contribution in [-0.2, 0) is 9.53 Å². The van der Waals surface area contributed by atoms with Gasteiger partial charge in [0.05, 0.1) is 0 Å². The molecule has 0 heterocycles. The van der Waals surface area contributed by atoms with Gasteiger partial charge in [0, 0.05) is 6.42 Å². The number of carbonyl (C=O) groups excluding carboxylic acids is 1. The van der Waals surface area contributed by atoms with Crippen LogP contribution in [0.2, 0.25) is 0 Å². The Balaban J connectivity index is 2.39. The molecule has 0 unspecified atom stereocenters. The normalized spacial score (nSPS) is 21.6. The highest BCUT2D eigenvalue weighted by atomic mass is 79.9. The van der Waals surface area contributed by atoms with Crippen molar-refractivity contribution in [2.45, 2.75) is 43.5 Å². The summed E-state index contributed by atoms with van der Waals surface area (Å²) < 4.78 is 4.91. The molecule has 0 radical (unpaired) electrons. The summed E-state index contributed by atoms with van der Waals surface area (Å²) in [7, 11) is 0. The molecule has 1 aliphatic carbocycles. The van der Waals surface area contributed by atoms with Crippen molar-refractivity contribution in [2.75, 3.05) is 0 Å². The molecular weight excluding hydrogens is 208 g/mol. The topological polar surface area (TPSA) is 26.3 Å². The molecule has 0 aromatic rings. The average molecular weight is 221 g/mol. The fourth-order valence-electron chi connectivity index (χ4n) is 1.28. The third-order valence-corrected chi connectivity index (χ3v) is 2.89. The van der Waals surface area contributed by atoms with Gasteiger partial charge in [0.2, 0.25) is 0 Å². The van der Waals surface area contributed by atoms with Gasteiger partial charge in [-0.3, -0.25) is 4.79 Å². The summed E-state index contributed by atoms with van der Waals surface area (Å²) in [5, 5.41) is 0. The molecule has 0 atom stereocenters. The van der Waals surface area contributed by atoms with E-state index in [1.165, 1.54) is 0 Å². The van der Waals surface area contributed by atoms with Gasteiger partial charge in [0.1, 0.15) is 0 Å². The number of esters is 1. The lowest BCUT2D eigenvalue weighted by molar-refractivity contribution is -0.150. The minimum absolute atomic E-state index is 0.108. The van der Waals surface area contributed by atoms with Crippen LogP contribution in [0.25, 0.3) is 0 Å². The molecule has 0 bridgehead atoms. The average Bonchev–Trinajstić information content (AvgIpc) is 2.36. The molecule has 0 saturated heterocycles. The molecule has 0 aliphatic heterocycles. The van der Waals surface area contributed by atoms with Crippen molar-refractivity contribution in [1.82, 2.24) is 0 Å². The molecular formula is C8H13BrO2. The molecule has 1 aliphatic rings. The Labute approximate surface area is 75.4 Å². The zero-order valence-electron chi connectivity index (χ0n) is 6.73. The number of halogens is 1. The highest BCUT2D eigenvalue weighted by molar-refractivity contribution is 9.10. The van der Waals surface area contributed by atoms with E-state index in [2.05, 4.69) is 15.9 Å². The Morgan fingerprint density at radius 3 is 2.55 bits per heavy atom. The van der Waals surface area contributed by atoms with E-state index >= 15 is 0 Å². The van der Waals surface area contributed by atoms with Crippen molar-refractivity contribution in [3.63, 3.8) is 0 Å². The van der Waals surface area contributed by atoms with Crippen LogP contribution in [0.15, 0.2) is 0 Å². The van der Waals surface area contributed by atoms with E-state index < -0.39 is 0 Å². The van der Waals surface area contributed by atoms with Gasteiger partial charge in [-0.1, -0.05) is 6.92 Å². The van der Waals surface area contributed by atoms with Crippen molar-refractivity contribution in [1.29, 1.82) is 0 Å². The third-order valence-electron chi connectivity index (χ3n) is 1.94. The summed E-state index contributed by atoms with van der Waals surface area (Å²) in [5.74, 6) is -0.108. The van der Waals surface area contributed by atoms with Crippen molar-refractivity contribution >= 4 is 21.9 Å². The van der Waals surface area contributed by atoms with Gasteiger partial charge < -0.3 is 4.74 Å². The van der Waals surface area contributed by atoms with Gasteiger partial charge in [0.15, 0.2) is 4.51 Å². The summed E-state index contributed by atoms with van der Waals surface area (Å²) in [6.45, 7) is 1.81. The maximum atomic E-state index is 10.9. The van der Waals surface area contributed by atoms with Gasteiger partial charge in [-0.15, -0.1) is 0 Å². The Kier molecular flexibility index (Phi) is 2.93. The highest BCUT2D eigenvalue weighted by Crippen LogP contribution is 2.38. The second-order valence-corrected chi connectivity index (χ2v) is 4.36. The zero-order chi connectivity index (χ0) is 8.32. The minimum Gasteiger partial charge on any atom is -0.447 e. The fourth-order valence-corrected chi connectivity index (χ4v) is 2.02. The summed E-state index contributed by atoms with van der Waals surface area (Å²) in [6.07, 6.45) is 4.69. The van der Waals surface area contributed by atoms with Crippen molar-refractivity contribution in [3.8, 4) is 0 Å². The lowest BCUT2D eigenvalue weighted by atomic mass is 10.3. The lowest BCUT2D eigenvalue weighted by Gasteiger charge is -2.21. The first-order chi connectivity index (χ1) is 5.16. The molecule has 11 heavy (non-hydrogen) atoms. The highest BCUT2D eigenvalue weighted by Gasteiger charge is 2.34. The number of ether oxygens (including phenoxy) is 1. The molecule has 0 spiro atoms. The molecule has 64 valence electrons. The van der Waals surface area contributed by atoms with E-state index in [1.54, 1.807) is 0 Å². The van der Waals surface area contributed by atoms with Crippen molar-refractivity contribution in [2.24, 2.45) is 0 Å². The van der Waals surface area contributed by atoms with E-state index in [1.807, 2.05) is 6.92 Å². The quantitative estimate of drug-likeness (QED) is 0.529. The molecule has 1 saturated carbocycles. The summed E-state index contributed by atoms with van der Waals surface area (Å²) in [5.41, 5.74) is 0. The summed E-state index contributed by atoms with van der Waals surface area (Å²) >= 11 is 3.44. The van der Waals surface area contributed by atoms with Crippen LogP contribution in [0.4, 0.5) is 0 Å². The molecule has 1 rings (SSSR count). The number of rotatable bonds is 2. The summed E-state index contributed by atoms with van der Waals surface area (Å²) in [6, 6.07) is 0. The van der Waals surface area contributed by atoms with Crippen molar-refractivity contribution < 1.29 is 9.53 Å². The van der Waals surface area contributed by atoms with Crippen LogP contribution in [0.5, 0.6) is 0 Å². The first kappa shape index (κ1) is 9.04. The van der Waals surface area contributed by atoms with Crippen LogP contribution in [-0.4, -0.2) is 10.5 Å². The van der Waals surface area contributed by atoms with Gasteiger partial charge in [-0.05, 0) is 41.6 Å². The van der Waals surface area contributed by atoms with Crippen molar-refractivity contribution in [3.05, 3.63) is 0 Å². The molecule has 1 fully saturated rings. The first-order valence-electron chi connectivity index (χ1n) is 4.07. The van der Waals surface area contributed by atoms with E-state index in [0.717, 1.165) is 25.7 Å². The van der Waals surface area contributed by atoms with Gasteiger partial charge in [0.25, 0.3) is 0 Å². The molecule has 0 N–H and O–H groups in total. The molecule has 3 heteroatoms. The molecule has 0 aromatic heterocycles. The van der Waals surface area contributed by atoms with Crippen LogP contribution in [0.3, 0.4) is 0 Å². The molecule has 0 amide bonds. The lowest BCUT2D eigenvalue weighted by Crippen LogP contribution is -2.23. The number of hydrogen-bond donors (Lipinski definition) is 0. The zero-order valence-corrected chi connectivity index (χ0v) is 8.32. The Hall–Kier alpha value is -0.0500.